The standard InChI is InChI=1S/C30H36N2O4/c1-35-29-28(31-26(33)21-36-23-12-6-3-7-13-23)24-14-8-9-15-25(24)30(29)16-18-32(19-17-30)27(34)20-22-10-4-2-5-11-22/h3,6-10,12-15,28-29H,2,4-5,11,16-21H2,1H3,(H,31,33)/t28-,29+/m0/s1. The quantitative estimate of drug-likeness (QED) is 0.574. The van der Waals surface area contributed by atoms with Gasteiger partial charge in [0.2, 0.25) is 5.91 Å². The topological polar surface area (TPSA) is 67.9 Å². The predicted molar refractivity (Wildman–Crippen MR) is 139 cm³/mol. The predicted octanol–water partition coefficient (Wildman–Crippen LogP) is 4.70. The number of carbonyl (C=O) groups excluding carboxylic acids is 2. The van der Waals surface area contributed by atoms with E-state index in [1.165, 1.54) is 24.0 Å². The van der Waals surface area contributed by atoms with Crippen molar-refractivity contribution in [1.29, 1.82) is 0 Å². The minimum Gasteiger partial charge on any atom is -0.484 e. The molecule has 3 aliphatic rings. The second kappa shape index (κ2) is 10.9. The number of piperidine rings is 1. The molecule has 0 unspecified atom stereocenters. The molecule has 1 aliphatic heterocycles. The average Bonchev–Trinajstić information content (AvgIpc) is 3.17. The fourth-order valence-corrected chi connectivity index (χ4v) is 6.33. The summed E-state index contributed by atoms with van der Waals surface area (Å²) in [6.45, 7) is 1.36. The van der Waals surface area contributed by atoms with Crippen LogP contribution in [0.15, 0.2) is 66.2 Å². The molecule has 6 nitrogen and oxygen atoms in total. The summed E-state index contributed by atoms with van der Waals surface area (Å²) in [7, 11) is 1.73. The van der Waals surface area contributed by atoms with E-state index in [0.717, 1.165) is 31.2 Å². The first-order valence-corrected chi connectivity index (χ1v) is 13.2. The number of rotatable bonds is 7. The maximum Gasteiger partial charge on any atom is 0.258 e. The van der Waals surface area contributed by atoms with Crippen molar-refractivity contribution in [2.24, 2.45) is 0 Å². The summed E-state index contributed by atoms with van der Waals surface area (Å²) in [5.74, 6) is 0.729. The molecule has 2 aliphatic carbocycles. The van der Waals surface area contributed by atoms with Crippen molar-refractivity contribution in [1.82, 2.24) is 10.2 Å². The first kappa shape index (κ1) is 24.6. The third-order valence-electron chi connectivity index (χ3n) is 8.13. The van der Waals surface area contributed by atoms with Crippen molar-refractivity contribution in [3.8, 4) is 5.75 Å². The Morgan fingerprint density at radius 3 is 2.50 bits per heavy atom. The molecule has 6 heteroatoms. The van der Waals surface area contributed by atoms with Crippen LogP contribution in [-0.4, -0.2) is 49.6 Å². The third-order valence-corrected chi connectivity index (χ3v) is 8.13. The van der Waals surface area contributed by atoms with Gasteiger partial charge in [0, 0.05) is 32.0 Å². The van der Waals surface area contributed by atoms with E-state index in [2.05, 4.69) is 29.6 Å². The SMILES string of the molecule is CO[C@@H]1[C@@H](NC(=O)COc2ccccc2)c2ccccc2C12CCN(C(=O)CC1=CCCCC1)CC2. The average molecular weight is 489 g/mol. The molecule has 2 aromatic rings. The molecule has 2 atom stereocenters. The monoisotopic (exact) mass is 488 g/mol. The number of amides is 2. The number of allylic oxidation sites excluding steroid dienone is 1. The van der Waals surface area contributed by atoms with Crippen LogP contribution in [0.25, 0.3) is 0 Å². The number of methoxy groups -OCH3 is 1. The molecular formula is C30H36N2O4. The Labute approximate surface area is 213 Å². The number of ether oxygens (including phenoxy) is 2. The van der Waals surface area contributed by atoms with Crippen molar-refractivity contribution in [3.05, 3.63) is 77.4 Å². The number of hydrogen-bond donors (Lipinski definition) is 1. The van der Waals surface area contributed by atoms with Crippen molar-refractivity contribution in [2.75, 3.05) is 26.8 Å². The van der Waals surface area contributed by atoms with Crippen LogP contribution in [0.1, 0.15) is 62.1 Å². The van der Waals surface area contributed by atoms with Gasteiger partial charge in [-0.2, -0.15) is 0 Å². The molecule has 0 bridgehead atoms. The van der Waals surface area contributed by atoms with E-state index in [-0.39, 0.29) is 36.0 Å². The highest BCUT2D eigenvalue weighted by Crippen LogP contribution is 2.52. The molecule has 0 aromatic heterocycles. The van der Waals surface area contributed by atoms with Gasteiger partial charge in [-0.05, 0) is 61.8 Å². The van der Waals surface area contributed by atoms with Gasteiger partial charge in [-0.1, -0.05) is 54.1 Å². The van der Waals surface area contributed by atoms with Crippen molar-refractivity contribution in [2.45, 2.75) is 62.5 Å². The van der Waals surface area contributed by atoms with E-state index in [1.807, 2.05) is 41.3 Å². The summed E-state index contributed by atoms with van der Waals surface area (Å²) in [4.78, 5) is 28.0. The maximum absolute atomic E-state index is 13.0. The molecule has 1 saturated heterocycles. The van der Waals surface area contributed by atoms with Gasteiger partial charge in [0.1, 0.15) is 5.75 Å². The molecule has 1 N–H and O–H groups in total. The van der Waals surface area contributed by atoms with E-state index in [1.54, 1.807) is 7.11 Å². The minimum absolute atomic E-state index is 0.0513. The lowest BCUT2D eigenvalue weighted by Crippen LogP contribution is -2.52. The molecule has 1 fully saturated rings. The Hall–Kier alpha value is -3.12. The Morgan fingerprint density at radius 2 is 1.78 bits per heavy atom. The number of likely N-dealkylation sites (tertiary alicyclic amines) is 1. The summed E-state index contributed by atoms with van der Waals surface area (Å²) in [5.41, 5.74) is 3.40. The molecule has 36 heavy (non-hydrogen) atoms. The molecule has 1 spiro atoms. The van der Waals surface area contributed by atoms with Crippen LogP contribution >= 0.6 is 0 Å². The van der Waals surface area contributed by atoms with Crippen LogP contribution < -0.4 is 10.1 Å². The van der Waals surface area contributed by atoms with E-state index in [9.17, 15) is 9.59 Å². The number of nitrogens with one attached hydrogen (secondary N) is 1. The number of nitrogens with zero attached hydrogens (tertiary/aromatic N) is 1. The number of carbonyl (C=O) groups is 2. The summed E-state index contributed by atoms with van der Waals surface area (Å²) in [6, 6.07) is 17.4. The number of hydrogen-bond acceptors (Lipinski definition) is 4. The van der Waals surface area contributed by atoms with E-state index >= 15 is 0 Å². The molecule has 0 saturated carbocycles. The Balaban J connectivity index is 1.28. The van der Waals surface area contributed by atoms with Crippen LogP contribution in [0.4, 0.5) is 0 Å². The number of para-hydroxylation sites is 1. The van der Waals surface area contributed by atoms with Gasteiger partial charge in [0.15, 0.2) is 6.61 Å². The van der Waals surface area contributed by atoms with Gasteiger partial charge in [-0.3, -0.25) is 9.59 Å². The number of benzene rings is 2. The highest BCUT2D eigenvalue weighted by molar-refractivity contribution is 5.79. The Bertz CT molecular complexity index is 1100. The lowest BCUT2D eigenvalue weighted by molar-refractivity contribution is -0.133. The highest BCUT2D eigenvalue weighted by Gasteiger charge is 2.54. The lowest BCUT2D eigenvalue weighted by atomic mass is 9.71. The lowest BCUT2D eigenvalue weighted by Gasteiger charge is -2.44. The maximum atomic E-state index is 13.0. The fraction of sp³-hybridized carbons (Fsp3) is 0.467. The van der Waals surface area contributed by atoms with Crippen LogP contribution in [-0.2, 0) is 19.7 Å². The molecule has 2 aromatic carbocycles. The summed E-state index contributed by atoms with van der Waals surface area (Å²) >= 11 is 0. The molecule has 0 radical (unpaired) electrons. The van der Waals surface area contributed by atoms with Crippen LogP contribution in [0.3, 0.4) is 0 Å². The smallest absolute Gasteiger partial charge is 0.258 e. The van der Waals surface area contributed by atoms with Crippen LogP contribution in [0, 0.1) is 0 Å². The van der Waals surface area contributed by atoms with Gasteiger partial charge in [0.25, 0.3) is 5.91 Å². The van der Waals surface area contributed by atoms with E-state index in [0.29, 0.717) is 25.3 Å². The van der Waals surface area contributed by atoms with Gasteiger partial charge in [0.05, 0.1) is 12.1 Å². The normalized spacial score (nSPS) is 22.6. The molecule has 190 valence electrons. The highest BCUT2D eigenvalue weighted by atomic mass is 16.5. The van der Waals surface area contributed by atoms with Crippen molar-refractivity contribution in [3.63, 3.8) is 0 Å². The Morgan fingerprint density at radius 1 is 1.03 bits per heavy atom. The van der Waals surface area contributed by atoms with Crippen LogP contribution in [0.2, 0.25) is 0 Å². The second-order valence-electron chi connectivity index (χ2n) is 10.2. The third kappa shape index (κ3) is 4.92. The first-order valence-electron chi connectivity index (χ1n) is 13.2. The van der Waals surface area contributed by atoms with Gasteiger partial charge >= 0.3 is 0 Å². The van der Waals surface area contributed by atoms with Gasteiger partial charge in [-0.25, -0.2) is 0 Å². The zero-order valence-corrected chi connectivity index (χ0v) is 21.1. The van der Waals surface area contributed by atoms with Gasteiger partial charge in [-0.15, -0.1) is 0 Å². The second-order valence-corrected chi connectivity index (χ2v) is 10.2. The van der Waals surface area contributed by atoms with Crippen molar-refractivity contribution >= 4 is 11.8 Å². The Kier molecular flexibility index (Phi) is 7.42. The summed E-state index contributed by atoms with van der Waals surface area (Å²) in [5, 5.41) is 3.19. The summed E-state index contributed by atoms with van der Waals surface area (Å²) < 4.78 is 11.8. The van der Waals surface area contributed by atoms with Gasteiger partial charge < -0.3 is 19.7 Å². The molecule has 1 heterocycles. The summed E-state index contributed by atoms with van der Waals surface area (Å²) in [6.07, 6.45) is 8.83. The van der Waals surface area contributed by atoms with Crippen LogP contribution in [0.5, 0.6) is 5.75 Å². The zero-order valence-electron chi connectivity index (χ0n) is 21.1. The van der Waals surface area contributed by atoms with E-state index < -0.39 is 0 Å². The minimum atomic E-state index is -0.257. The van der Waals surface area contributed by atoms with Crippen molar-refractivity contribution < 1.29 is 19.1 Å². The zero-order chi connectivity index (χ0) is 25.0. The number of fused-ring (bicyclic) bond motifs is 2. The largest absolute Gasteiger partial charge is 0.484 e. The molecule has 5 rings (SSSR count). The first-order chi connectivity index (χ1) is 17.6. The fourth-order valence-electron chi connectivity index (χ4n) is 6.33. The molecular weight excluding hydrogens is 452 g/mol. The van der Waals surface area contributed by atoms with E-state index in [4.69, 9.17) is 9.47 Å². The molecule has 2 amide bonds.